The molecular formula is C20H27N5O2. The first-order chi connectivity index (χ1) is 13.0. The molecule has 144 valence electrons. The summed E-state index contributed by atoms with van der Waals surface area (Å²) in [5.41, 5.74) is 3.45. The molecule has 0 unspecified atom stereocenters. The fourth-order valence-corrected chi connectivity index (χ4v) is 3.20. The molecule has 1 aliphatic heterocycles. The van der Waals surface area contributed by atoms with Crippen LogP contribution in [-0.2, 0) is 4.74 Å². The highest BCUT2D eigenvalue weighted by molar-refractivity contribution is 5.68. The highest BCUT2D eigenvalue weighted by atomic mass is 16.6. The smallest absolute Gasteiger partial charge is 0.409 e. The third-order valence-electron chi connectivity index (χ3n) is 4.60. The molecule has 1 fully saturated rings. The van der Waals surface area contributed by atoms with Crippen LogP contribution in [0.2, 0.25) is 0 Å². The van der Waals surface area contributed by atoms with Crippen LogP contribution in [0.5, 0.6) is 0 Å². The Morgan fingerprint density at radius 2 is 1.85 bits per heavy atom. The number of nitrogens with one attached hydrogen (secondary N) is 1. The van der Waals surface area contributed by atoms with E-state index < -0.39 is 0 Å². The number of carbonyl (C=O) groups excluding carboxylic acids is 1. The summed E-state index contributed by atoms with van der Waals surface area (Å²) in [6.45, 7) is 11.0. The number of carbonyl (C=O) groups is 1. The number of nitrogens with zero attached hydrogens (tertiary/aromatic N) is 4. The SMILES string of the molecule is CCOC(=O)N1CCN(c2cc(Nc3ccc(C)cc3C)nc(C)n2)CC1. The second kappa shape index (κ2) is 8.24. The molecule has 0 spiro atoms. The van der Waals surface area contributed by atoms with Gasteiger partial charge in [0.05, 0.1) is 6.61 Å². The van der Waals surface area contributed by atoms with Gasteiger partial charge in [-0.1, -0.05) is 17.7 Å². The minimum Gasteiger partial charge on any atom is -0.450 e. The second-order valence-electron chi connectivity index (χ2n) is 6.77. The number of anilines is 3. The van der Waals surface area contributed by atoms with Gasteiger partial charge < -0.3 is 19.9 Å². The lowest BCUT2D eigenvalue weighted by Gasteiger charge is -2.34. The van der Waals surface area contributed by atoms with E-state index in [-0.39, 0.29) is 6.09 Å². The predicted octanol–water partition coefficient (Wildman–Crippen LogP) is 3.42. The summed E-state index contributed by atoms with van der Waals surface area (Å²) in [5, 5.41) is 3.40. The summed E-state index contributed by atoms with van der Waals surface area (Å²) >= 11 is 0. The fraction of sp³-hybridized carbons (Fsp3) is 0.450. The Balaban J connectivity index is 1.71. The van der Waals surface area contributed by atoms with Crippen molar-refractivity contribution in [2.45, 2.75) is 27.7 Å². The molecule has 0 radical (unpaired) electrons. The number of rotatable bonds is 4. The second-order valence-corrected chi connectivity index (χ2v) is 6.77. The van der Waals surface area contributed by atoms with E-state index >= 15 is 0 Å². The highest BCUT2D eigenvalue weighted by Crippen LogP contribution is 2.23. The Hall–Kier alpha value is -2.83. The maximum Gasteiger partial charge on any atom is 0.409 e. The maximum absolute atomic E-state index is 11.9. The number of hydrogen-bond acceptors (Lipinski definition) is 6. The van der Waals surface area contributed by atoms with Crippen LogP contribution in [0, 0.1) is 20.8 Å². The molecule has 7 nitrogen and oxygen atoms in total. The van der Waals surface area contributed by atoms with Crippen LogP contribution >= 0.6 is 0 Å². The lowest BCUT2D eigenvalue weighted by molar-refractivity contribution is 0.105. The number of piperazine rings is 1. The number of hydrogen-bond donors (Lipinski definition) is 1. The van der Waals surface area contributed by atoms with Gasteiger partial charge in [0.2, 0.25) is 0 Å². The van der Waals surface area contributed by atoms with Crippen molar-refractivity contribution in [3.63, 3.8) is 0 Å². The van der Waals surface area contributed by atoms with Crippen molar-refractivity contribution in [3.05, 3.63) is 41.2 Å². The van der Waals surface area contributed by atoms with Crippen molar-refractivity contribution in [1.82, 2.24) is 14.9 Å². The van der Waals surface area contributed by atoms with Crippen molar-refractivity contribution in [2.75, 3.05) is 43.0 Å². The minimum atomic E-state index is -0.242. The van der Waals surface area contributed by atoms with E-state index in [9.17, 15) is 4.79 Å². The predicted molar refractivity (Wildman–Crippen MR) is 107 cm³/mol. The van der Waals surface area contributed by atoms with Gasteiger partial charge in [0, 0.05) is 37.9 Å². The summed E-state index contributed by atoms with van der Waals surface area (Å²) < 4.78 is 5.08. The molecular weight excluding hydrogens is 342 g/mol. The van der Waals surface area contributed by atoms with Gasteiger partial charge >= 0.3 is 6.09 Å². The van der Waals surface area contributed by atoms with Gasteiger partial charge in [0.1, 0.15) is 17.5 Å². The van der Waals surface area contributed by atoms with Gasteiger partial charge in [-0.05, 0) is 39.3 Å². The Morgan fingerprint density at radius 1 is 1.11 bits per heavy atom. The van der Waals surface area contributed by atoms with E-state index in [0.717, 1.165) is 30.4 Å². The summed E-state index contributed by atoms with van der Waals surface area (Å²) in [4.78, 5) is 24.9. The number of benzene rings is 1. The zero-order chi connectivity index (χ0) is 19.4. The molecule has 27 heavy (non-hydrogen) atoms. The Labute approximate surface area is 160 Å². The van der Waals surface area contributed by atoms with Crippen LogP contribution in [0.15, 0.2) is 24.3 Å². The van der Waals surface area contributed by atoms with Gasteiger partial charge in [0.25, 0.3) is 0 Å². The van der Waals surface area contributed by atoms with Crippen molar-refractivity contribution in [1.29, 1.82) is 0 Å². The molecule has 1 amide bonds. The standard InChI is InChI=1S/C20H27N5O2/c1-5-27-20(26)25-10-8-24(9-11-25)19-13-18(21-16(4)22-19)23-17-7-6-14(2)12-15(17)3/h6-7,12-13H,5,8-11H2,1-4H3,(H,21,22,23). The average Bonchev–Trinajstić information content (AvgIpc) is 2.64. The van der Waals surface area contributed by atoms with Crippen LogP contribution < -0.4 is 10.2 Å². The van der Waals surface area contributed by atoms with Crippen molar-refractivity contribution in [2.24, 2.45) is 0 Å². The third-order valence-corrected chi connectivity index (χ3v) is 4.60. The van der Waals surface area contributed by atoms with Gasteiger partial charge in [-0.25, -0.2) is 14.8 Å². The first-order valence-electron chi connectivity index (χ1n) is 9.33. The Morgan fingerprint density at radius 3 is 2.52 bits per heavy atom. The molecule has 0 bridgehead atoms. The summed E-state index contributed by atoms with van der Waals surface area (Å²) in [5.74, 6) is 2.36. The molecule has 2 heterocycles. The summed E-state index contributed by atoms with van der Waals surface area (Å²) in [7, 11) is 0. The topological polar surface area (TPSA) is 70.6 Å². The zero-order valence-electron chi connectivity index (χ0n) is 16.5. The normalized spacial score (nSPS) is 14.2. The zero-order valence-corrected chi connectivity index (χ0v) is 16.5. The lowest BCUT2D eigenvalue weighted by atomic mass is 10.1. The molecule has 3 rings (SSSR count). The van der Waals surface area contributed by atoms with E-state index in [0.29, 0.717) is 25.5 Å². The van der Waals surface area contributed by atoms with Crippen LogP contribution in [0.25, 0.3) is 0 Å². The van der Waals surface area contributed by atoms with Crippen LogP contribution in [-0.4, -0.2) is 53.7 Å². The highest BCUT2D eigenvalue weighted by Gasteiger charge is 2.23. The molecule has 1 aliphatic rings. The quantitative estimate of drug-likeness (QED) is 0.890. The Kier molecular flexibility index (Phi) is 5.78. The molecule has 1 N–H and O–H groups in total. The van der Waals surface area contributed by atoms with Crippen molar-refractivity contribution < 1.29 is 9.53 Å². The molecule has 0 atom stereocenters. The van der Waals surface area contributed by atoms with Crippen LogP contribution in [0.3, 0.4) is 0 Å². The average molecular weight is 369 g/mol. The monoisotopic (exact) mass is 369 g/mol. The van der Waals surface area contributed by atoms with Crippen LogP contribution in [0.1, 0.15) is 23.9 Å². The minimum absolute atomic E-state index is 0.242. The number of aromatic nitrogens is 2. The fourth-order valence-electron chi connectivity index (χ4n) is 3.20. The third kappa shape index (κ3) is 4.67. The van der Waals surface area contributed by atoms with E-state index in [2.05, 4.69) is 52.2 Å². The number of amides is 1. The van der Waals surface area contributed by atoms with Crippen LogP contribution in [0.4, 0.5) is 22.1 Å². The van der Waals surface area contributed by atoms with Crippen molar-refractivity contribution in [3.8, 4) is 0 Å². The molecule has 1 saturated heterocycles. The van der Waals surface area contributed by atoms with Gasteiger partial charge in [-0.15, -0.1) is 0 Å². The van der Waals surface area contributed by atoms with Gasteiger partial charge in [0.15, 0.2) is 0 Å². The molecule has 0 aliphatic carbocycles. The molecule has 1 aromatic heterocycles. The van der Waals surface area contributed by atoms with Crippen molar-refractivity contribution >= 4 is 23.4 Å². The van der Waals surface area contributed by atoms with E-state index in [1.165, 1.54) is 11.1 Å². The first-order valence-corrected chi connectivity index (χ1v) is 9.33. The maximum atomic E-state index is 11.9. The molecule has 0 saturated carbocycles. The largest absolute Gasteiger partial charge is 0.450 e. The van der Waals surface area contributed by atoms with E-state index in [1.807, 2.05) is 19.9 Å². The van der Waals surface area contributed by atoms with Gasteiger partial charge in [-0.3, -0.25) is 0 Å². The van der Waals surface area contributed by atoms with Gasteiger partial charge in [-0.2, -0.15) is 0 Å². The Bertz CT molecular complexity index is 816. The number of ether oxygens (including phenoxy) is 1. The lowest BCUT2D eigenvalue weighted by Crippen LogP contribution is -2.49. The molecule has 1 aromatic carbocycles. The van der Waals surface area contributed by atoms with E-state index in [1.54, 1.807) is 4.90 Å². The first kappa shape index (κ1) is 18.9. The number of aryl methyl sites for hydroxylation is 3. The molecule has 2 aromatic rings. The molecule has 7 heteroatoms. The summed E-state index contributed by atoms with van der Waals surface area (Å²) in [6.07, 6.45) is -0.242. The van der Waals surface area contributed by atoms with E-state index in [4.69, 9.17) is 4.74 Å². The summed E-state index contributed by atoms with van der Waals surface area (Å²) in [6, 6.07) is 8.26.